The molecule has 0 heterocycles. The summed E-state index contributed by atoms with van der Waals surface area (Å²) in [6.45, 7) is 8.01. The monoisotopic (exact) mass is 174 g/mol. The van der Waals surface area contributed by atoms with E-state index in [0.29, 0.717) is 0 Å². The minimum absolute atomic E-state index is 0.231. The van der Waals surface area contributed by atoms with Gasteiger partial charge in [0.05, 0.1) is 5.60 Å². The third kappa shape index (κ3) is 8.02. The van der Waals surface area contributed by atoms with Crippen LogP contribution in [0, 0.1) is 0 Å². The number of unbranched alkanes of at least 4 members (excludes halogenated alkanes) is 2. The van der Waals surface area contributed by atoms with Crippen molar-refractivity contribution in [3.05, 3.63) is 0 Å². The van der Waals surface area contributed by atoms with Gasteiger partial charge in [0.25, 0.3) is 0 Å². The zero-order valence-corrected chi connectivity index (χ0v) is 8.76. The van der Waals surface area contributed by atoms with Crippen molar-refractivity contribution < 1.29 is 9.84 Å². The molecule has 0 aromatic rings. The molecule has 0 aliphatic rings. The maximum atomic E-state index is 9.39. The molecule has 74 valence electrons. The number of hydrogen-bond donors (Lipinski definition) is 1. The topological polar surface area (TPSA) is 29.5 Å². The van der Waals surface area contributed by atoms with E-state index in [2.05, 4.69) is 6.92 Å². The molecule has 0 saturated carbocycles. The van der Waals surface area contributed by atoms with E-state index >= 15 is 0 Å². The van der Waals surface area contributed by atoms with E-state index in [1.54, 1.807) is 0 Å². The summed E-state index contributed by atoms with van der Waals surface area (Å²) in [5.41, 5.74) is -0.231. The Bertz CT molecular complexity index is 105. The van der Waals surface area contributed by atoms with E-state index in [0.717, 1.165) is 12.8 Å². The van der Waals surface area contributed by atoms with E-state index in [-0.39, 0.29) is 5.60 Å². The van der Waals surface area contributed by atoms with Crippen LogP contribution in [0.5, 0.6) is 0 Å². The zero-order valence-electron chi connectivity index (χ0n) is 8.76. The SMILES string of the molecule is CCCCCC(O)OC(C)(C)C. The molecule has 0 aliphatic heterocycles. The maximum absolute atomic E-state index is 9.39. The van der Waals surface area contributed by atoms with Gasteiger partial charge in [-0.15, -0.1) is 0 Å². The van der Waals surface area contributed by atoms with E-state index in [1.807, 2.05) is 20.8 Å². The predicted molar refractivity (Wildman–Crippen MR) is 51.0 cm³/mol. The highest BCUT2D eigenvalue weighted by Crippen LogP contribution is 2.13. The van der Waals surface area contributed by atoms with Crippen LogP contribution >= 0.6 is 0 Å². The first-order valence-corrected chi connectivity index (χ1v) is 4.81. The maximum Gasteiger partial charge on any atom is 0.155 e. The Balaban J connectivity index is 3.40. The third-order valence-electron chi connectivity index (χ3n) is 1.54. The molecule has 1 N–H and O–H groups in total. The summed E-state index contributed by atoms with van der Waals surface area (Å²) in [6, 6.07) is 0. The largest absolute Gasteiger partial charge is 0.368 e. The highest BCUT2D eigenvalue weighted by Gasteiger charge is 2.15. The molecule has 0 aromatic heterocycles. The summed E-state index contributed by atoms with van der Waals surface area (Å²) in [7, 11) is 0. The fourth-order valence-electron chi connectivity index (χ4n) is 1.04. The van der Waals surface area contributed by atoms with Crippen molar-refractivity contribution in [3.63, 3.8) is 0 Å². The Kier molecular flexibility index (Phi) is 5.51. The minimum Gasteiger partial charge on any atom is -0.368 e. The van der Waals surface area contributed by atoms with Crippen molar-refractivity contribution in [1.29, 1.82) is 0 Å². The number of aliphatic hydroxyl groups is 1. The van der Waals surface area contributed by atoms with E-state index in [9.17, 15) is 5.11 Å². The van der Waals surface area contributed by atoms with Gasteiger partial charge >= 0.3 is 0 Å². The fourth-order valence-corrected chi connectivity index (χ4v) is 1.04. The second-order valence-electron chi connectivity index (χ2n) is 4.18. The van der Waals surface area contributed by atoms with Gasteiger partial charge in [0.2, 0.25) is 0 Å². The first kappa shape index (κ1) is 11.9. The lowest BCUT2D eigenvalue weighted by molar-refractivity contribution is -0.168. The zero-order chi connectivity index (χ0) is 9.61. The van der Waals surface area contributed by atoms with Gasteiger partial charge in [-0.2, -0.15) is 0 Å². The highest BCUT2D eigenvalue weighted by molar-refractivity contribution is 4.60. The average Bonchev–Trinajstić information content (AvgIpc) is 1.84. The Morgan fingerprint density at radius 2 is 1.83 bits per heavy atom. The second-order valence-corrected chi connectivity index (χ2v) is 4.18. The normalized spacial score (nSPS) is 14.8. The van der Waals surface area contributed by atoms with Crippen LogP contribution in [-0.2, 0) is 4.74 Å². The van der Waals surface area contributed by atoms with Gasteiger partial charge in [-0.05, 0) is 33.6 Å². The van der Waals surface area contributed by atoms with Gasteiger partial charge in [0.1, 0.15) is 0 Å². The van der Waals surface area contributed by atoms with Gasteiger partial charge < -0.3 is 9.84 Å². The number of rotatable bonds is 5. The van der Waals surface area contributed by atoms with Crippen LogP contribution in [0.1, 0.15) is 53.4 Å². The molecular weight excluding hydrogens is 152 g/mol. The van der Waals surface area contributed by atoms with Gasteiger partial charge in [-0.3, -0.25) is 0 Å². The van der Waals surface area contributed by atoms with Gasteiger partial charge in [-0.1, -0.05) is 19.8 Å². The molecule has 1 unspecified atom stereocenters. The van der Waals surface area contributed by atoms with Crippen molar-refractivity contribution in [2.24, 2.45) is 0 Å². The van der Waals surface area contributed by atoms with E-state index in [1.165, 1.54) is 12.8 Å². The molecule has 0 radical (unpaired) electrons. The number of aliphatic hydroxyl groups excluding tert-OH is 1. The molecule has 1 atom stereocenters. The predicted octanol–water partition coefficient (Wildman–Crippen LogP) is 2.70. The minimum atomic E-state index is -0.587. The van der Waals surface area contributed by atoms with E-state index in [4.69, 9.17) is 4.74 Å². The lowest BCUT2D eigenvalue weighted by atomic mass is 10.1. The molecule has 0 spiro atoms. The van der Waals surface area contributed by atoms with Crippen molar-refractivity contribution >= 4 is 0 Å². The highest BCUT2D eigenvalue weighted by atomic mass is 16.6. The Morgan fingerprint density at radius 1 is 1.25 bits per heavy atom. The summed E-state index contributed by atoms with van der Waals surface area (Å²) in [6.07, 6.45) is 3.57. The molecule has 0 saturated heterocycles. The molecule has 0 aliphatic carbocycles. The quantitative estimate of drug-likeness (QED) is 0.513. The van der Waals surface area contributed by atoms with Crippen molar-refractivity contribution in [3.8, 4) is 0 Å². The molecule has 12 heavy (non-hydrogen) atoms. The smallest absolute Gasteiger partial charge is 0.155 e. The molecule has 2 heteroatoms. The molecule has 0 rings (SSSR count). The van der Waals surface area contributed by atoms with Crippen LogP contribution < -0.4 is 0 Å². The summed E-state index contributed by atoms with van der Waals surface area (Å²) >= 11 is 0. The van der Waals surface area contributed by atoms with Crippen LogP contribution in [-0.4, -0.2) is 17.0 Å². The van der Waals surface area contributed by atoms with Crippen molar-refractivity contribution in [2.75, 3.05) is 0 Å². The molecule has 0 bridgehead atoms. The Labute approximate surface area is 75.9 Å². The van der Waals surface area contributed by atoms with Crippen LogP contribution in [0.15, 0.2) is 0 Å². The third-order valence-corrected chi connectivity index (χ3v) is 1.54. The molecule has 0 aromatic carbocycles. The molecule has 0 amide bonds. The average molecular weight is 174 g/mol. The number of ether oxygens (including phenoxy) is 1. The standard InChI is InChI=1S/C10H22O2/c1-5-6-7-8-9(11)12-10(2,3)4/h9,11H,5-8H2,1-4H3. The summed E-state index contributed by atoms with van der Waals surface area (Å²) < 4.78 is 5.34. The van der Waals surface area contributed by atoms with Crippen molar-refractivity contribution in [1.82, 2.24) is 0 Å². The van der Waals surface area contributed by atoms with Crippen LogP contribution in [0.2, 0.25) is 0 Å². The lowest BCUT2D eigenvalue weighted by Gasteiger charge is -2.23. The van der Waals surface area contributed by atoms with Crippen LogP contribution in [0.4, 0.5) is 0 Å². The van der Waals surface area contributed by atoms with Crippen LogP contribution in [0.25, 0.3) is 0 Å². The lowest BCUT2D eigenvalue weighted by Crippen LogP contribution is -2.27. The summed E-state index contributed by atoms with van der Waals surface area (Å²) in [5.74, 6) is 0. The fraction of sp³-hybridized carbons (Fsp3) is 1.00. The summed E-state index contributed by atoms with van der Waals surface area (Å²) in [4.78, 5) is 0. The number of hydrogen-bond acceptors (Lipinski definition) is 2. The summed E-state index contributed by atoms with van der Waals surface area (Å²) in [5, 5.41) is 9.39. The molecular formula is C10H22O2. The first-order valence-electron chi connectivity index (χ1n) is 4.81. The Hall–Kier alpha value is -0.0800. The molecule has 2 nitrogen and oxygen atoms in total. The van der Waals surface area contributed by atoms with Crippen LogP contribution in [0.3, 0.4) is 0 Å². The molecule has 0 fully saturated rings. The Morgan fingerprint density at radius 3 is 2.25 bits per heavy atom. The van der Waals surface area contributed by atoms with Gasteiger partial charge in [0, 0.05) is 0 Å². The first-order chi connectivity index (χ1) is 5.45. The van der Waals surface area contributed by atoms with Gasteiger partial charge in [-0.25, -0.2) is 0 Å². The van der Waals surface area contributed by atoms with Crippen molar-refractivity contribution in [2.45, 2.75) is 65.3 Å². The van der Waals surface area contributed by atoms with Gasteiger partial charge in [0.15, 0.2) is 6.29 Å². The van der Waals surface area contributed by atoms with E-state index < -0.39 is 6.29 Å². The second kappa shape index (κ2) is 5.55.